The second-order valence-electron chi connectivity index (χ2n) is 8.20. The van der Waals surface area contributed by atoms with Gasteiger partial charge in [0.1, 0.15) is 5.75 Å². The molecule has 0 radical (unpaired) electrons. The highest BCUT2D eigenvalue weighted by Crippen LogP contribution is 2.58. The zero-order valence-corrected chi connectivity index (χ0v) is 16.0. The summed E-state index contributed by atoms with van der Waals surface area (Å²) in [6, 6.07) is 4.21. The van der Waals surface area contributed by atoms with Gasteiger partial charge >= 0.3 is 5.97 Å². The largest absolute Gasteiger partial charge is 0.496 e. The lowest BCUT2D eigenvalue weighted by Gasteiger charge is -2.54. The first-order valence-electron chi connectivity index (χ1n) is 9.25. The molecule has 4 heteroatoms. The van der Waals surface area contributed by atoms with Crippen molar-refractivity contribution in [1.82, 2.24) is 0 Å². The summed E-state index contributed by atoms with van der Waals surface area (Å²) in [6.07, 6.45) is 4.30. The Hall–Kier alpha value is -1.55. The number of aliphatic hydroxyl groups excluding tert-OH is 1. The lowest BCUT2D eigenvalue weighted by molar-refractivity contribution is -0.161. The molecule has 1 aromatic rings. The Bertz CT molecular complexity index is 681. The Morgan fingerprint density at radius 1 is 1.28 bits per heavy atom. The van der Waals surface area contributed by atoms with Gasteiger partial charge in [-0.3, -0.25) is 4.79 Å². The van der Waals surface area contributed by atoms with Crippen molar-refractivity contribution in [1.29, 1.82) is 0 Å². The van der Waals surface area contributed by atoms with Crippen LogP contribution in [0.2, 0.25) is 0 Å². The van der Waals surface area contributed by atoms with E-state index < -0.39 is 11.5 Å². The fraction of sp³-hybridized carbons (Fsp3) is 0.667. The van der Waals surface area contributed by atoms with Crippen LogP contribution in [-0.4, -0.2) is 25.3 Å². The average Bonchev–Trinajstić information content (AvgIpc) is 2.59. The minimum absolute atomic E-state index is 0.0702. The fourth-order valence-corrected chi connectivity index (χ4v) is 5.50. The number of hydrogen-bond donors (Lipinski definition) is 1. The monoisotopic (exact) mass is 346 g/mol. The molecule has 2 aliphatic carbocycles. The summed E-state index contributed by atoms with van der Waals surface area (Å²) in [4.78, 5) is 12.6. The molecule has 0 spiro atoms. The van der Waals surface area contributed by atoms with E-state index in [1.807, 2.05) is 0 Å². The van der Waals surface area contributed by atoms with E-state index in [0.29, 0.717) is 0 Å². The predicted octanol–water partition coefficient (Wildman–Crippen LogP) is 3.93. The van der Waals surface area contributed by atoms with Crippen molar-refractivity contribution in [3.8, 4) is 5.75 Å². The topological polar surface area (TPSA) is 55.8 Å². The quantitative estimate of drug-likeness (QED) is 0.843. The van der Waals surface area contributed by atoms with Crippen molar-refractivity contribution in [3.05, 3.63) is 28.8 Å². The van der Waals surface area contributed by atoms with E-state index in [-0.39, 0.29) is 17.3 Å². The minimum Gasteiger partial charge on any atom is -0.496 e. The third-order valence-corrected chi connectivity index (χ3v) is 6.81. The number of aryl methyl sites for hydroxylation is 1. The Kier molecular flexibility index (Phi) is 4.61. The lowest BCUT2D eigenvalue weighted by atomic mass is 9.49. The highest BCUT2D eigenvalue weighted by molar-refractivity contribution is 5.77. The number of fused-ring (bicyclic) bond motifs is 3. The van der Waals surface area contributed by atoms with E-state index in [1.54, 1.807) is 14.0 Å². The van der Waals surface area contributed by atoms with Gasteiger partial charge in [-0.05, 0) is 74.1 Å². The van der Waals surface area contributed by atoms with E-state index in [4.69, 9.17) is 9.47 Å². The highest BCUT2D eigenvalue weighted by atomic mass is 16.5. The first-order chi connectivity index (χ1) is 11.8. The maximum atomic E-state index is 12.6. The zero-order valence-electron chi connectivity index (χ0n) is 16.0. The molecular formula is C21H30O4. The van der Waals surface area contributed by atoms with Gasteiger partial charge in [-0.25, -0.2) is 0 Å². The van der Waals surface area contributed by atoms with Crippen molar-refractivity contribution < 1.29 is 19.4 Å². The van der Waals surface area contributed by atoms with Crippen LogP contribution in [0.5, 0.6) is 5.75 Å². The highest BCUT2D eigenvalue weighted by Gasteiger charge is 2.55. The number of carbonyl (C=O) groups excluding carboxylic acids is 1. The number of esters is 1. The van der Waals surface area contributed by atoms with Crippen molar-refractivity contribution in [2.75, 3.05) is 14.2 Å². The molecule has 3 rings (SSSR count). The number of rotatable bonds is 3. The fourth-order valence-electron chi connectivity index (χ4n) is 5.50. The molecule has 0 aliphatic heterocycles. The van der Waals surface area contributed by atoms with Crippen LogP contribution in [0.15, 0.2) is 12.1 Å². The molecule has 0 heterocycles. The molecule has 2 aliphatic rings. The van der Waals surface area contributed by atoms with Gasteiger partial charge in [-0.15, -0.1) is 0 Å². The second-order valence-corrected chi connectivity index (χ2v) is 8.20. The van der Waals surface area contributed by atoms with Crippen LogP contribution in [0.4, 0.5) is 0 Å². The zero-order chi connectivity index (χ0) is 18.4. The van der Waals surface area contributed by atoms with Crippen LogP contribution in [0.25, 0.3) is 0 Å². The SMILES string of the molecule is COC(=O)[C@@]1(C)CCC[C@]2(C)c3cc(OC)c(C(C)O)cc3CC[C@@H]12. The predicted molar refractivity (Wildman–Crippen MR) is 96.8 cm³/mol. The number of ether oxygens (including phenoxy) is 2. The summed E-state index contributed by atoms with van der Waals surface area (Å²) in [5.74, 6) is 0.913. The summed E-state index contributed by atoms with van der Waals surface area (Å²) in [5.41, 5.74) is 2.90. The molecular weight excluding hydrogens is 316 g/mol. The van der Waals surface area contributed by atoms with E-state index in [0.717, 1.165) is 43.4 Å². The summed E-state index contributed by atoms with van der Waals surface area (Å²) in [5, 5.41) is 10.1. The van der Waals surface area contributed by atoms with Gasteiger partial charge in [0.05, 0.1) is 25.7 Å². The van der Waals surface area contributed by atoms with E-state index in [1.165, 1.54) is 18.2 Å². The summed E-state index contributed by atoms with van der Waals surface area (Å²) < 4.78 is 10.7. The number of aliphatic hydroxyl groups is 1. The van der Waals surface area contributed by atoms with E-state index in [9.17, 15) is 9.90 Å². The molecule has 0 bridgehead atoms. The van der Waals surface area contributed by atoms with Gasteiger partial charge < -0.3 is 14.6 Å². The maximum absolute atomic E-state index is 12.6. The Morgan fingerprint density at radius 3 is 2.60 bits per heavy atom. The molecule has 0 aromatic heterocycles. The van der Waals surface area contributed by atoms with Gasteiger partial charge in [0.15, 0.2) is 0 Å². The molecule has 25 heavy (non-hydrogen) atoms. The van der Waals surface area contributed by atoms with E-state index >= 15 is 0 Å². The first kappa shape index (κ1) is 18.2. The van der Waals surface area contributed by atoms with Crippen molar-refractivity contribution in [2.45, 2.75) is 64.4 Å². The van der Waals surface area contributed by atoms with Crippen LogP contribution in [0, 0.1) is 11.3 Å². The minimum atomic E-state index is -0.558. The van der Waals surface area contributed by atoms with Gasteiger partial charge in [0.2, 0.25) is 0 Å². The van der Waals surface area contributed by atoms with Crippen LogP contribution >= 0.6 is 0 Å². The molecule has 4 atom stereocenters. The Labute approximate surface area is 150 Å². The van der Waals surface area contributed by atoms with Crippen molar-refractivity contribution >= 4 is 5.97 Å². The van der Waals surface area contributed by atoms with Crippen LogP contribution in [0.1, 0.15) is 69.2 Å². The smallest absolute Gasteiger partial charge is 0.311 e. The Balaban J connectivity index is 2.12. The molecule has 1 saturated carbocycles. The van der Waals surface area contributed by atoms with Crippen LogP contribution < -0.4 is 4.74 Å². The van der Waals surface area contributed by atoms with Crippen molar-refractivity contribution in [3.63, 3.8) is 0 Å². The molecule has 1 unspecified atom stereocenters. The summed E-state index contributed by atoms with van der Waals surface area (Å²) in [6.45, 7) is 6.14. The third kappa shape index (κ3) is 2.66. The molecule has 0 amide bonds. The molecule has 1 fully saturated rings. The summed E-state index contributed by atoms with van der Waals surface area (Å²) >= 11 is 0. The van der Waals surface area contributed by atoms with Crippen LogP contribution in [0.3, 0.4) is 0 Å². The number of carbonyl (C=O) groups is 1. The second kappa shape index (κ2) is 6.31. The van der Waals surface area contributed by atoms with Crippen LogP contribution in [-0.2, 0) is 21.4 Å². The molecule has 4 nitrogen and oxygen atoms in total. The van der Waals surface area contributed by atoms with Gasteiger partial charge in [0, 0.05) is 5.56 Å². The Morgan fingerprint density at radius 2 is 2.00 bits per heavy atom. The average molecular weight is 346 g/mol. The molecule has 138 valence electrons. The lowest BCUT2D eigenvalue weighted by Crippen LogP contribution is -2.52. The molecule has 0 saturated heterocycles. The number of benzene rings is 1. The van der Waals surface area contributed by atoms with Crippen molar-refractivity contribution in [2.24, 2.45) is 11.3 Å². The van der Waals surface area contributed by atoms with Gasteiger partial charge in [-0.2, -0.15) is 0 Å². The third-order valence-electron chi connectivity index (χ3n) is 6.81. The number of methoxy groups -OCH3 is 2. The van der Waals surface area contributed by atoms with E-state index in [2.05, 4.69) is 26.0 Å². The summed E-state index contributed by atoms with van der Waals surface area (Å²) in [7, 11) is 3.14. The molecule has 1 aromatic carbocycles. The first-order valence-corrected chi connectivity index (χ1v) is 9.25. The maximum Gasteiger partial charge on any atom is 0.311 e. The van der Waals surface area contributed by atoms with Gasteiger partial charge in [-0.1, -0.05) is 13.3 Å². The standard InChI is InChI=1S/C21H30O4/c1-13(22)15-11-14-7-8-18-20(2,16(14)12-17(15)24-4)9-6-10-21(18,3)19(23)25-5/h11-13,18,22H,6-10H2,1-5H3/t13?,18-,20-,21+/m1/s1. The number of hydrogen-bond acceptors (Lipinski definition) is 4. The normalized spacial score (nSPS) is 32.3. The van der Waals surface area contributed by atoms with Gasteiger partial charge in [0.25, 0.3) is 0 Å². The molecule has 1 N–H and O–H groups in total.